The first-order chi connectivity index (χ1) is 24.3. The molecule has 7 nitrogen and oxygen atoms in total. The van der Waals surface area contributed by atoms with Crippen LogP contribution in [-0.2, 0) is 9.59 Å². The molecule has 0 saturated carbocycles. The van der Waals surface area contributed by atoms with Crippen LogP contribution in [0.5, 0.6) is 0 Å². The number of benzene rings is 4. The van der Waals surface area contributed by atoms with E-state index in [4.69, 9.17) is 0 Å². The molecule has 1 atom stereocenters. The zero-order valence-corrected chi connectivity index (χ0v) is 29.8. The summed E-state index contributed by atoms with van der Waals surface area (Å²) in [6.45, 7) is 4.24. The molecule has 2 aromatic heterocycles. The standard InChI is InChI=1S/C40H34N4O3S3/c1-26(2)28-20-18-27(19-21-28)23-33(42-37(45)30-13-7-4-8-14-30)38(46)41-31-15-9-16-32(24-31)50-36(29-11-5-3-6-12-29)39(47)44-40-43-34(25-49-40)35-17-10-22-48-35/h3-26,36H,1-2H3,(H,41,46)(H,42,45)(H,43,44,47)/b33-23+. The Morgan fingerprint density at radius 1 is 0.760 bits per heavy atom. The number of thioether (sulfide) groups is 1. The van der Waals surface area contributed by atoms with Gasteiger partial charge in [-0.05, 0) is 70.5 Å². The lowest BCUT2D eigenvalue weighted by atomic mass is 10.0. The molecule has 0 bridgehead atoms. The third-order valence-corrected chi connectivity index (χ3v) is 10.5. The Labute approximate surface area is 303 Å². The SMILES string of the molecule is CC(C)c1ccc(/C=C(/NC(=O)c2ccccc2)C(=O)Nc2cccc(SC(C(=O)Nc3nc(-c4cccs4)cs3)c3ccccc3)c2)cc1. The molecule has 0 aliphatic carbocycles. The molecule has 0 spiro atoms. The highest BCUT2D eigenvalue weighted by molar-refractivity contribution is 8.00. The van der Waals surface area contributed by atoms with E-state index in [1.807, 2.05) is 102 Å². The monoisotopic (exact) mass is 714 g/mol. The Morgan fingerprint density at radius 2 is 1.50 bits per heavy atom. The van der Waals surface area contributed by atoms with Gasteiger partial charge in [0.2, 0.25) is 5.91 Å². The van der Waals surface area contributed by atoms with Crippen LogP contribution < -0.4 is 16.0 Å². The van der Waals surface area contributed by atoms with Gasteiger partial charge in [0.25, 0.3) is 11.8 Å². The minimum atomic E-state index is -0.592. The zero-order valence-electron chi connectivity index (χ0n) is 27.3. The molecule has 50 heavy (non-hydrogen) atoms. The highest BCUT2D eigenvalue weighted by atomic mass is 32.2. The lowest BCUT2D eigenvalue weighted by Gasteiger charge is -2.17. The summed E-state index contributed by atoms with van der Waals surface area (Å²) in [5, 5.41) is 12.6. The molecule has 250 valence electrons. The number of carbonyl (C=O) groups excluding carboxylic acids is 3. The first-order valence-corrected chi connectivity index (χ1v) is 18.6. The summed E-state index contributed by atoms with van der Waals surface area (Å²) in [6, 6.07) is 37.5. The minimum Gasteiger partial charge on any atom is -0.321 e. The quantitative estimate of drug-likeness (QED) is 0.0866. The fourth-order valence-corrected chi connectivity index (χ4v) is 7.57. The summed E-state index contributed by atoms with van der Waals surface area (Å²) in [7, 11) is 0. The predicted octanol–water partition coefficient (Wildman–Crippen LogP) is 9.88. The van der Waals surface area contributed by atoms with E-state index in [0.717, 1.165) is 26.6 Å². The molecule has 3 N–H and O–H groups in total. The third kappa shape index (κ3) is 9.03. The van der Waals surface area contributed by atoms with Gasteiger partial charge < -0.3 is 16.0 Å². The number of nitrogens with zero attached hydrogens (tertiary/aromatic N) is 1. The highest BCUT2D eigenvalue weighted by Gasteiger charge is 2.24. The van der Waals surface area contributed by atoms with Crippen LogP contribution in [0, 0.1) is 0 Å². The fourth-order valence-electron chi connectivity index (χ4n) is 5.01. The number of hydrogen-bond acceptors (Lipinski definition) is 7. The van der Waals surface area contributed by atoms with Gasteiger partial charge in [-0.25, -0.2) is 4.98 Å². The number of rotatable bonds is 12. The number of anilines is 2. The second-order valence-electron chi connectivity index (χ2n) is 11.6. The van der Waals surface area contributed by atoms with Gasteiger partial charge in [0.15, 0.2) is 5.13 Å². The van der Waals surface area contributed by atoms with Crippen LogP contribution in [0.3, 0.4) is 0 Å². The largest absolute Gasteiger partial charge is 0.321 e. The summed E-state index contributed by atoms with van der Waals surface area (Å²) in [6.07, 6.45) is 1.66. The van der Waals surface area contributed by atoms with E-state index in [9.17, 15) is 14.4 Å². The summed E-state index contributed by atoms with van der Waals surface area (Å²) in [5.41, 5.74) is 4.66. The van der Waals surface area contributed by atoms with Gasteiger partial charge in [0, 0.05) is 21.5 Å². The lowest BCUT2D eigenvalue weighted by Crippen LogP contribution is -2.30. The van der Waals surface area contributed by atoms with Crippen molar-refractivity contribution in [1.29, 1.82) is 0 Å². The molecule has 10 heteroatoms. The maximum atomic E-state index is 13.7. The maximum Gasteiger partial charge on any atom is 0.272 e. The highest BCUT2D eigenvalue weighted by Crippen LogP contribution is 2.38. The second-order valence-corrected chi connectivity index (χ2v) is 14.6. The van der Waals surface area contributed by atoms with Gasteiger partial charge in [-0.15, -0.1) is 34.4 Å². The van der Waals surface area contributed by atoms with Crippen molar-refractivity contribution in [3.63, 3.8) is 0 Å². The lowest BCUT2D eigenvalue weighted by molar-refractivity contribution is -0.116. The van der Waals surface area contributed by atoms with Crippen LogP contribution in [0.4, 0.5) is 10.8 Å². The van der Waals surface area contributed by atoms with Crippen molar-refractivity contribution in [2.24, 2.45) is 0 Å². The molecule has 0 aliphatic heterocycles. The Hall–Kier alpha value is -5.29. The van der Waals surface area contributed by atoms with Crippen LogP contribution in [0.1, 0.15) is 52.1 Å². The van der Waals surface area contributed by atoms with Crippen LogP contribution in [-0.4, -0.2) is 22.7 Å². The van der Waals surface area contributed by atoms with Crippen LogP contribution in [0.25, 0.3) is 16.6 Å². The first kappa shape index (κ1) is 34.6. The molecule has 2 heterocycles. The number of hydrogen-bond donors (Lipinski definition) is 3. The van der Waals surface area contributed by atoms with Crippen molar-refractivity contribution in [1.82, 2.24) is 10.3 Å². The van der Waals surface area contributed by atoms with Crippen LogP contribution in [0.15, 0.2) is 143 Å². The van der Waals surface area contributed by atoms with E-state index in [0.29, 0.717) is 22.3 Å². The van der Waals surface area contributed by atoms with E-state index < -0.39 is 17.1 Å². The summed E-state index contributed by atoms with van der Waals surface area (Å²) in [4.78, 5) is 47.0. The number of thiophene rings is 1. The average molecular weight is 715 g/mol. The first-order valence-electron chi connectivity index (χ1n) is 15.9. The summed E-state index contributed by atoms with van der Waals surface area (Å²) >= 11 is 4.35. The Kier molecular flexibility index (Phi) is 11.3. The van der Waals surface area contributed by atoms with E-state index in [1.54, 1.807) is 47.7 Å². The third-order valence-electron chi connectivity index (χ3n) is 7.64. The second kappa shape index (κ2) is 16.4. The minimum absolute atomic E-state index is 0.0983. The normalized spacial score (nSPS) is 11.9. The maximum absolute atomic E-state index is 13.7. The van der Waals surface area contributed by atoms with E-state index in [2.05, 4.69) is 34.8 Å². The predicted molar refractivity (Wildman–Crippen MR) is 207 cm³/mol. The zero-order chi connectivity index (χ0) is 34.9. The molecule has 6 aromatic rings. The van der Waals surface area contributed by atoms with Gasteiger partial charge in [-0.1, -0.05) is 98.8 Å². The van der Waals surface area contributed by atoms with Crippen molar-refractivity contribution in [3.05, 3.63) is 160 Å². The molecule has 6 rings (SSSR count). The van der Waals surface area contributed by atoms with E-state index in [-0.39, 0.29) is 11.6 Å². The summed E-state index contributed by atoms with van der Waals surface area (Å²) in [5.74, 6) is -0.718. The van der Waals surface area contributed by atoms with Crippen molar-refractivity contribution in [2.75, 3.05) is 10.6 Å². The van der Waals surface area contributed by atoms with E-state index in [1.165, 1.54) is 28.7 Å². The molecule has 0 radical (unpaired) electrons. The van der Waals surface area contributed by atoms with Crippen LogP contribution >= 0.6 is 34.4 Å². The van der Waals surface area contributed by atoms with Gasteiger partial charge in [0.1, 0.15) is 10.9 Å². The Bertz CT molecular complexity index is 2090. The van der Waals surface area contributed by atoms with Crippen molar-refractivity contribution in [2.45, 2.75) is 29.9 Å². The molecule has 1 unspecified atom stereocenters. The topological polar surface area (TPSA) is 100 Å². The smallest absolute Gasteiger partial charge is 0.272 e. The van der Waals surface area contributed by atoms with Gasteiger partial charge in [-0.2, -0.15) is 0 Å². The average Bonchev–Trinajstić information content (AvgIpc) is 3.84. The molecule has 3 amide bonds. The Morgan fingerprint density at radius 3 is 2.20 bits per heavy atom. The number of nitrogens with one attached hydrogen (secondary N) is 3. The molecule has 4 aromatic carbocycles. The van der Waals surface area contributed by atoms with Gasteiger partial charge >= 0.3 is 0 Å². The number of aromatic nitrogens is 1. The van der Waals surface area contributed by atoms with Gasteiger partial charge in [-0.3, -0.25) is 14.4 Å². The number of carbonyl (C=O) groups is 3. The molecule has 0 saturated heterocycles. The molecule has 0 aliphatic rings. The molecular weight excluding hydrogens is 681 g/mol. The van der Waals surface area contributed by atoms with Crippen molar-refractivity contribution < 1.29 is 14.4 Å². The molecular formula is C40H34N4O3S3. The number of amides is 3. The summed E-state index contributed by atoms with van der Waals surface area (Å²) < 4.78 is 0. The molecule has 0 fully saturated rings. The number of thiazole rings is 1. The van der Waals surface area contributed by atoms with Crippen molar-refractivity contribution >= 4 is 69.1 Å². The van der Waals surface area contributed by atoms with Gasteiger partial charge in [0.05, 0.1) is 10.6 Å². The fraction of sp³-hybridized carbons (Fsp3) is 0.100. The van der Waals surface area contributed by atoms with Crippen LogP contribution in [0.2, 0.25) is 0 Å². The Balaban J connectivity index is 1.21. The van der Waals surface area contributed by atoms with E-state index >= 15 is 0 Å². The van der Waals surface area contributed by atoms with Crippen molar-refractivity contribution in [3.8, 4) is 10.6 Å².